The number of nitrogens with one attached hydrogen (secondary N) is 1. The summed E-state index contributed by atoms with van der Waals surface area (Å²) in [5, 5.41) is 11.7. The van der Waals surface area contributed by atoms with Crippen molar-refractivity contribution in [1.29, 1.82) is 5.26 Å². The van der Waals surface area contributed by atoms with Gasteiger partial charge in [-0.2, -0.15) is 5.26 Å². The van der Waals surface area contributed by atoms with Gasteiger partial charge in [-0.1, -0.05) is 36.4 Å². The van der Waals surface area contributed by atoms with Crippen molar-refractivity contribution in [1.82, 2.24) is 0 Å². The average Bonchev–Trinajstić information content (AvgIpc) is 2.74. The van der Waals surface area contributed by atoms with E-state index < -0.39 is 6.10 Å². The van der Waals surface area contributed by atoms with Crippen LogP contribution in [0.25, 0.3) is 11.1 Å². The molecule has 0 heterocycles. The SMILES string of the molecule is COc1ccccc1NC(=O)[C@@H](C)Oc1ccc(-c2ccc(C#N)cc2)cc1. The second kappa shape index (κ2) is 8.74. The summed E-state index contributed by atoms with van der Waals surface area (Å²) in [7, 11) is 1.56. The van der Waals surface area contributed by atoms with Gasteiger partial charge in [0.2, 0.25) is 0 Å². The Morgan fingerprint density at radius 1 is 0.964 bits per heavy atom. The number of hydrogen-bond donors (Lipinski definition) is 1. The summed E-state index contributed by atoms with van der Waals surface area (Å²) in [6.07, 6.45) is -0.675. The van der Waals surface area contributed by atoms with Crippen molar-refractivity contribution in [3.63, 3.8) is 0 Å². The van der Waals surface area contributed by atoms with Gasteiger partial charge in [0.05, 0.1) is 24.4 Å². The molecule has 0 spiro atoms. The van der Waals surface area contributed by atoms with E-state index in [-0.39, 0.29) is 5.91 Å². The Hall–Kier alpha value is -3.78. The van der Waals surface area contributed by atoms with Gasteiger partial charge in [0.1, 0.15) is 11.5 Å². The number of nitrogens with zero attached hydrogens (tertiary/aromatic N) is 1. The number of benzene rings is 3. The minimum absolute atomic E-state index is 0.263. The number of ether oxygens (including phenoxy) is 2. The number of hydrogen-bond acceptors (Lipinski definition) is 4. The molecule has 0 aliphatic heterocycles. The van der Waals surface area contributed by atoms with Gasteiger partial charge >= 0.3 is 0 Å². The smallest absolute Gasteiger partial charge is 0.265 e. The first-order valence-electron chi connectivity index (χ1n) is 8.82. The molecule has 3 rings (SSSR count). The number of nitriles is 1. The molecule has 1 atom stereocenters. The lowest BCUT2D eigenvalue weighted by molar-refractivity contribution is -0.122. The molecule has 0 saturated heterocycles. The van der Waals surface area contributed by atoms with Gasteiger partial charge in [-0.25, -0.2) is 0 Å². The molecule has 5 nitrogen and oxygen atoms in total. The predicted octanol–water partition coefficient (Wildman–Crippen LogP) is 4.64. The molecule has 140 valence electrons. The van der Waals surface area contributed by atoms with E-state index in [0.29, 0.717) is 22.7 Å². The van der Waals surface area contributed by atoms with Crippen LogP contribution >= 0.6 is 0 Å². The summed E-state index contributed by atoms with van der Waals surface area (Å²) in [4.78, 5) is 12.4. The maximum absolute atomic E-state index is 12.4. The van der Waals surface area contributed by atoms with E-state index in [2.05, 4.69) is 11.4 Å². The Morgan fingerprint density at radius 2 is 1.57 bits per heavy atom. The molecule has 0 aliphatic rings. The third-order valence-corrected chi connectivity index (χ3v) is 4.25. The van der Waals surface area contributed by atoms with Crippen LogP contribution in [0, 0.1) is 11.3 Å². The monoisotopic (exact) mass is 372 g/mol. The highest BCUT2D eigenvalue weighted by Gasteiger charge is 2.16. The Labute approximate surface area is 164 Å². The van der Waals surface area contributed by atoms with Crippen molar-refractivity contribution < 1.29 is 14.3 Å². The molecular weight excluding hydrogens is 352 g/mol. The Balaban J connectivity index is 1.64. The lowest BCUT2D eigenvalue weighted by Gasteiger charge is -2.16. The topological polar surface area (TPSA) is 71.3 Å². The summed E-state index contributed by atoms with van der Waals surface area (Å²) in [6.45, 7) is 1.69. The average molecular weight is 372 g/mol. The summed E-state index contributed by atoms with van der Waals surface area (Å²) >= 11 is 0. The molecule has 0 saturated carbocycles. The van der Waals surface area contributed by atoms with E-state index in [1.165, 1.54) is 0 Å². The van der Waals surface area contributed by atoms with Crippen LogP contribution in [-0.4, -0.2) is 19.1 Å². The maximum Gasteiger partial charge on any atom is 0.265 e. The van der Waals surface area contributed by atoms with Gasteiger partial charge in [0, 0.05) is 0 Å². The molecule has 3 aromatic carbocycles. The van der Waals surface area contributed by atoms with E-state index in [9.17, 15) is 4.79 Å². The van der Waals surface area contributed by atoms with Gasteiger partial charge in [-0.05, 0) is 54.4 Å². The van der Waals surface area contributed by atoms with Crippen molar-refractivity contribution in [2.75, 3.05) is 12.4 Å². The van der Waals surface area contributed by atoms with Crippen LogP contribution in [0.4, 0.5) is 5.69 Å². The van der Waals surface area contributed by atoms with Crippen LogP contribution in [0.15, 0.2) is 72.8 Å². The number of carbonyl (C=O) groups excluding carboxylic acids is 1. The Morgan fingerprint density at radius 3 is 2.18 bits per heavy atom. The number of rotatable bonds is 6. The standard InChI is InChI=1S/C23H20N2O3/c1-16(23(26)25-21-5-3-4-6-22(21)27-2)28-20-13-11-19(12-14-20)18-9-7-17(15-24)8-10-18/h3-14,16H,1-2H3,(H,25,26)/t16-/m1/s1. The molecule has 28 heavy (non-hydrogen) atoms. The van der Waals surface area contributed by atoms with Gasteiger partial charge in [0.25, 0.3) is 5.91 Å². The van der Waals surface area contributed by atoms with Crippen LogP contribution in [0.3, 0.4) is 0 Å². The van der Waals surface area contributed by atoms with Crippen LogP contribution in [0.2, 0.25) is 0 Å². The second-order valence-corrected chi connectivity index (χ2v) is 6.16. The number of anilines is 1. The van der Waals surface area contributed by atoms with E-state index in [1.807, 2.05) is 48.5 Å². The zero-order valence-corrected chi connectivity index (χ0v) is 15.7. The minimum atomic E-state index is -0.675. The third kappa shape index (κ3) is 4.49. The van der Waals surface area contributed by atoms with Crippen LogP contribution < -0.4 is 14.8 Å². The van der Waals surface area contributed by atoms with Gasteiger partial charge in [-0.3, -0.25) is 4.79 Å². The first kappa shape index (κ1) is 19.0. The van der Waals surface area contributed by atoms with Crippen molar-refractivity contribution in [2.24, 2.45) is 0 Å². The van der Waals surface area contributed by atoms with Crippen molar-refractivity contribution in [3.8, 4) is 28.7 Å². The molecule has 0 radical (unpaired) electrons. The van der Waals surface area contributed by atoms with E-state index >= 15 is 0 Å². The van der Waals surface area contributed by atoms with Gasteiger partial charge < -0.3 is 14.8 Å². The molecule has 0 bridgehead atoms. The van der Waals surface area contributed by atoms with Crippen LogP contribution in [0.1, 0.15) is 12.5 Å². The first-order valence-corrected chi connectivity index (χ1v) is 8.82. The van der Waals surface area contributed by atoms with Crippen molar-refractivity contribution >= 4 is 11.6 Å². The maximum atomic E-state index is 12.4. The molecular formula is C23H20N2O3. The summed E-state index contributed by atoms with van der Waals surface area (Å²) < 4.78 is 11.0. The Bertz CT molecular complexity index is 990. The summed E-state index contributed by atoms with van der Waals surface area (Å²) in [6, 6.07) is 24.2. The predicted molar refractivity (Wildman–Crippen MR) is 108 cm³/mol. The second-order valence-electron chi connectivity index (χ2n) is 6.16. The highest BCUT2D eigenvalue weighted by atomic mass is 16.5. The van der Waals surface area contributed by atoms with Crippen LogP contribution in [0.5, 0.6) is 11.5 Å². The van der Waals surface area contributed by atoms with Crippen molar-refractivity contribution in [3.05, 3.63) is 78.4 Å². The fraction of sp³-hybridized carbons (Fsp3) is 0.130. The van der Waals surface area contributed by atoms with Gasteiger partial charge in [-0.15, -0.1) is 0 Å². The largest absolute Gasteiger partial charge is 0.495 e. The molecule has 3 aromatic rings. The number of para-hydroxylation sites is 2. The lowest BCUT2D eigenvalue weighted by Crippen LogP contribution is -2.30. The molecule has 0 fully saturated rings. The minimum Gasteiger partial charge on any atom is -0.495 e. The zero-order chi connectivity index (χ0) is 19.9. The number of carbonyl (C=O) groups is 1. The molecule has 0 aliphatic carbocycles. The summed E-state index contributed by atoms with van der Waals surface area (Å²) in [5.74, 6) is 0.926. The van der Waals surface area contributed by atoms with Crippen molar-refractivity contribution in [2.45, 2.75) is 13.0 Å². The fourth-order valence-electron chi connectivity index (χ4n) is 2.70. The first-order chi connectivity index (χ1) is 13.6. The lowest BCUT2D eigenvalue weighted by atomic mass is 10.0. The fourth-order valence-corrected chi connectivity index (χ4v) is 2.70. The molecule has 0 unspecified atom stereocenters. The number of methoxy groups -OCH3 is 1. The quantitative estimate of drug-likeness (QED) is 0.684. The highest BCUT2D eigenvalue weighted by Crippen LogP contribution is 2.25. The normalized spacial score (nSPS) is 11.2. The zero-order valence-electron chi connectivity index (χ0n) is 15.7. The van der Waals surface area contributed by atoms with E-state index in [4.69, 9.17) is 14.7 Å². The molecule has 1 amide bonds. The highest BCUT2D eigenvalue weighted by molar-refractivity contribution is 5.95. The third-order valence-electron chi connectivity index (χ3n) is 4.25. The van der Waals surface area contributed by atoms with E-state index in [1.54, 1.807) is 38.3 Å². The molecule has 0 aromatic heterocycles. The molecule has 5 heteroatoms. The Kier molecular flexibility index (Phi) is 5.93. The van der Waals surface area contributed by atoms with Crippen LogP contribution in [-0.2, 0) is 4.79 Å². The summed E-state index contributed by atoms with van der Waals surface area (Å²) in [5.41, 5.74) is 3.23. The van der Waals surface area contributed by atoms with E-state index in [0.717, 1.165) is 11.1 Å². The molecule has 1 N–H and O–H groups in total. The number of amides is 1. The van der Waals surface area contributed by atoms with Gasteiger partial charge in [0.15, 0.2) is 6.10 Å².